The summed E-state index contributed by atoms with van der Waals surface area (Å²) < 4.78 is 40.5. The van der Waals surface area contributed by atoms with Gasteiger partial charge in [-0.3, -0.25) is 0 Å². The van der Waals surface area contributed by atoms with E-state index in [1.165, 1.54) is 12.1 Å². The SMILES string of the molecule is O=S(=O)(N[C@@H](c1ccccc1)C1CC1)c1ccc(F)cc1. The number of rotatable bonds is 5. The van der Waals surface area contributed by atoms with Crippen LogP contribution in [0.1, 0.15) is 24.4 Å². The zero-order chi connectivity index (χ0) is 14.9. The Morgan fingerprint density at radius 3 is 2.19 bits per heavy atom. The lowest BCUT2D eigenvalue weighted by Gasteiger charge is -2.18. The first-order valence-corrected chi connectivity index (χ1v) is 8.37. The highest BCUT2D eigenvalue weighted by atomic mass is 32.2. The van der Waals surface area contributed by atoms with Crippen LogP contribution in [0.25, 0.3) is 0 Å². The third-order valence-corrected chi connectivity index (χ3v) is 5.12. The van der Waals surface area contributed by atoms with Gasteiger partial charge in [-0.1, -0.05) is 30.3 Å². The van der Waals surface area contributed by atoms with Gasteiger partial charge in [0.25, 0.3) is 0 Å². The second-order valence-corrected chi connectivity index (χ2v) is 7.01. The Hall–Kier alpha value is -1.72. The van der Waals surface area contributed by atoms with Crippen molar-refractivity contribution in [1.82, 2.24) is 4.72 Å². The topological polar surface area (TPSA) is 46.2 Å². The zero-order valence-electron chi connectivity index (χ0n) is 11.4. The molecule has 5 heteroatoms. The molecule has 0 aromatic heterocycles. The van der Waals surface area contributed by atoms with Crippen LogP contribution in [0.15, 0.2) is 59.5 Å². The summed E-state index contributed by atoms with van der Waals surface area (Å²) in [5, 5.41) is 0. The molecule has 1 aliphatic carbocycles. The standard InChI is InChI=1S/C16H16FNO2S/c17-14-8-10-15(11-9-14)21(19,20)18-16(13-6-7-13)12-4-2-1-3-5-12/h1-5,8-11,13,16,18H,6-7H2/t16-/m0/s1. The molecule has 1 aliphatic rings. The van der Waals surface area contributed by atoms with Gasteiger partial charge in [-0.25, -0.2) is 17.5 Å². The van der Waals surface area contributed by atoms with E-state index in [4.69, 9.17) is 0 Å². The maximum atomic E-state index is 12.9. The maximum Gasteiger partial charge on any atom is 0.241 e. The van der Waals surface area contributed by atoms with Gasteiger partial charge in [-0.2, -0.15) is 0 Å². The Kier molecular flexibility index (Phi) is 3.78. The van der Waals surface area contributed by atoms with E-state index in [9.17, 15) is 12.8 Å². The number of hydrogen-bond donors (Lipinski definition) is 1. The van der Waals surface area contributed by atoms with Crippen molar-refractivity contribution in [1.29, 1.82) is 0 Å². The molecule has 0 heterocycles. The fourth-order valence-corrected chi connectivity index (χ4v) is 3.67. The first-order chi connectivity index (χ1) is 10.1. The van der Waals surface area contributed by atoms with E-state index < -0.39 is 15.8 Å². The first-order valence-electron chi connectivity index (χ1n) is 6.89. The third-order valence-electron chi connectivity index (χ3n) is 3.66. The molecule has 0 spiro atoms. The minimum Gasteiger partial charge on any atom is -0.207 e. The van der Waals surface area contributed by atoms with Crippen LogP contribution in [0.2, 0.25) is 0 Å². The van der Waals surface area contributed by atoms with Crippen LogP contribution in [0.3, 0.4) is 0 Å². The fraction of sp³-hybridized carbons (Fsp3) is 0.250. The van der Waals surface area contributed by atoms with Crippen molar-refractivity contribution in [2.45, 2.75) is 23.8 Å². The van der Waals surface area contributed by atoms with E-state index in [-0.39, 0.29) is 10.9 Å². The molecule has 0 amide bonds. The van der Waals surface area contributed by atoms with Gasteiger partial charge in [0.15, 0.2) is 0 Å². The van der Waals surface area contributed by atoms with Crippen molar-refractivity contribution in [3.05, 3.63) is 66.0 Å². The number of halogens is 1. The number of hydrogen-bond acceptors (Lipinski definition) is 2. The Morgan fingerprint density at radius 2 is 1.62 bits per heavy atom. The predicted octanol–water partition coefficient (Wildman–Crippen LogP) is 3.26. The van der Waals surface area contributed by atoms with Gasteiger partial charge in [-0.05, 0) is 48.6 Å². The molecule has 1 atom stereocenters. The average molecular weight is 305 g/mol. The van der Waals surface area contributed by atoms with Gasteiger partial charge in [0.2, 0.25) is 10.0 Å². The molecule has 1 N–H and O–H groups in total. The van der Waals surface area contributed by atoms with Gasteiger partial charge >= 0.3 is 0 Å². The molecule has 1 fully saturated rings. The molecular formula is C16H16FNO2S. The zero-order valence-corrected chi connectivity index (χ0v) is 12.2. The average Bonchev–Trinajstić information content (AvgIpc) is 3.31. The molecule has 2 aromatic carbocycles. The predicted molar refractivity (Wildman–Crippen MR) is 78.6 cm³/mol. The van der Waals surface area contributed by atoms with Crippen LogP contribution in [0.5, 0.6) is 0 Å². The third kappa shape index (κ3) is 3.31. The molecule has 0 unspecified atom stereocenters. The summed E-state index contributed by atoms with van der Waals surface area (Å²) in [7, 11) is -3.65. The van der Waals surface area contributed by atoms with E-state index in [0.717, 1.165) is 30.5 Å². The van der Waals surface area contributed by atoms with Crippen molar-refractivity contribution >= 4 is 10.0 Å². The lowest BCUT2D eigenvalue weighted by molar-refractivity contribution is 0.529. The maximum absolute atomic E-state index is 12.9. The smallest absolute Gasteiger partial charge is 0.207 e. The highest BCUT2D eigenvalue weighted by Crippen LogP contribution is 2.41. The summed E-state index contributed by atoms with van der Waals surface area (Å²) in [6.07, 6.45) is 2.04. The lowest BCUT2D eigenvalue weighted by Crippen LogP contribution is -2.30. The van der Waals surface area contributed by atoms with Gasteiger partial charge in [0, 0.05) is 6.04 Å². The summed E-state index contributed by atoms with van der Waals surface area (Å²) in [6, 6.07) is 14.2. The Balaban J connectivity index is 1.87. The van der Waals surface area contributed by atoms with Crippen LogP contribution in [0.4, 0.5) is 4.39 Å². The summed E-state index contributed by atoms with van der Waals surface area (Å²) in [5.41, 5.74) is 0.964. The van der Waals surface area contributed by atoms with Crippen molar-refractivity contribution in [2.24, 2.45) is 5.92 Å². The Bertz CT molecular complexity index is 710. The summed E-state index contributed by atoms with van der Waals surface area (Å²) in [6.45, 7) is 0. The van der Waals surface area contributed by atoms with Crippen molar-refractivity contribution in [3.63, 3.8) is 0 Å². The second kappa shape index (κ2) is 5.58. The van der Waals surface area contributed by atoms with E-state index in [2.05, 4.69) is 4.72 Å². The lowest BCUT2D eigenvalue weighted by atomic mass is 10.0. The molecule has 3 rings (SSSR count). The van der Waals surface area contributed by atoms with Crippen molar-refractivity contribution in [2.75, 3.05) is 0 Å². The number of sulfonamides is 1. The van der Waals surface area contributed by atoms with E-state index in [0.29, 0.717) is 5.92 Å². The highest BCUT2D eigenvalue weighted by molar-refractivity contribution is 7.89. The molecule has 2 aromatic rings. The summed E-state index contributed by atoms with van der Waals surface area (Å²) >= 11 is 0. The van der Waals surface area contributed by atoms with E-state index in [1.54, 1.807) is 0 Å². The number of benzene rings is 2. The summed E-state index contributed by atoms with van der Waals surface area (Å²) in [4.78, 5) is 0.0884. The van der Waals surface area contributed by atoms with Gasteiger partial charge in [-0.15, -0.1) is 0 Å². The summed E-state index contributed by atoms with van der Waals surface area (Å²) in [5.74, 6) is -0.113. The van der Waals surface area contributed by atoms with Crippen LogP contribution >= 0.6 is 0 Å². The molecule has 0 saturated heterocycles. The van der Waals surface area contributed by atoms with Gasteiger partial charge < -0.3 is 0 Å². The fourth-order valence-electron chi connectivity index (χ4n) is 2.38. The Morgan fingerprint density at radius 1 is 1.00 bits per heavy atom. The van der Waals surface area contributed by atoms with Crippen molar-refractivity contribution < 1.29 is 12.8 Å². The molecule has 0 bridgehead atoms. The monoisotopic (exact) mass is 305 g/mol. The van der Waals surface area contributed by atoms with Gasteiger partial charge in [0.1, 0.15) is 5.82 Å². The van der Waals surface area contributed by atoms with Crippen LogP contribution in [-0.4, -0.2) is 8.42 Å². The minimum atomic E-state index is -3.65. The largest absolute Gasteiger partial charge is 0.241 e. The van der Waals surface area contributed by atoms with Crippen LogP contribution in [0, 0.1) is 11.7 Å². The van der Waals surface area contributed by atoms with E-state index >= 15 is 0 Å². The first kappa shape index (κ1) is 14.2. The Labute approximate surface area is 123 Å². The van der Waals surface area contributed by atoms with Crippen LogP contribution in [-0.2, 0) is 10.0 Å². The molecule has 0 radical (unpaired) electrons. The normalized spacial score (nSPS) is 16.6. The van der Waals surface area contributed by atoms with Crippen LogP contribution < -0.4 is 4.72 Å². The van der Waals surface area contributed by atoms with E-state index in [1.807, 2.05) is 30.3 Å². The molecule has 3 nitrogen and oxygen atoms in total. The molecule has 1 saturated carbocycles. The molecule has 110 valence electrons. The second-order valence-electron chi connectivity index (χ2n) is 5.30. The highest BCUT2D eigenvalue weighted by Gasteiger charge is 2.35. The quantitative estimate of drug-likeness (QED) is 0.921. The number of nitrogens with one attached hydrogen (secondary N) is 1. The molecule has 0 aliphatic heterocycles. The molecule has 21 heavy (non-hydrogen) atoms. The minimum absolute atomic E-state index is 0.0884. The van der Waals surface area contributed by atoms with Crippen molar-refractivity contribution in [3.8, 4) is 0 Å². The molecular weight excluding hydrogens is 289 g/mol. The van der Waals surface area contributed by atoms with Gasteiger partial charge in [0.05, 0.1) is 4.90 Å².